The fourth-order valence-electron chi connectivity index (χ4n) is 9.20. The van der Waals surface area contributed by atoms with Gasteiger partial charge in [0.1, 0.15) is 36.1 Å². The van der Waals surface area contributed by atoms with Crippen molar-refractivity contribution in [2.24, 2.45) is 17.3 Å². The van der Waals surface area contributed by atoms with Gasteiger partial charge in [0.2, 0.25) is 5.78 Å². The van der Waals surface area contributed by atoms with Gasteiger partial charge in [-0.3, -0.25) is 9.59 Å². The molecule has 0 unspecified atom stereocenters. The summed E-state index contributed by atoms with van der Waals surface area (Å²) in [5.74, 6) is -6.31. The van der Waals surface area contributed by atoms with Crippen LogP contribution in [0.3, 0.4) is 0 Å². The predicted molar refractivity (Wildman–Crippen MR) is 235 cm³/mol. The van der Waals surface area contributed by atoms with Crippen LogP contribution in [0.25, 0.3) is 0 Å². The molecule has 1 fully saturated rings. The number of nitrogens with one attached hydrogen (secondary N) is 1. The molecule has 8 atom stereocenters. The van der Waals surface area contributed by atoms with Crippen molar-refractivity contribution in [3.05, 3.63) is 94.3 Å². The number of hydrogen-bond acceptors (Lipinski definition) is 16. The molecule has 5 rings (SSSR count). The standard InChI is InChI=1S/C49H63NO16/c1-27(2)23-33(50-44(57)66-46(6,7)8)38(53)43(56)62-34-24-49(59)41(64-42(55)32-19-15-12-16-20-32)37(48(65-30(5)52)26-61-35(48)21-22-51)29(4)40(39(54)36(28(34)3)47(49,9)10)63-45(58)60-25-31-17-13-11-14-18-31/h11-20,27,33-35,37-38,41,51,53,59H,21-26H2,1-10H3,(H,50,57)/b40-29+/t33-,34-,35+,37+,38+,41-,48-,49+/m0/s1. The van der Waals surface area contributed by atoms with Gasteiger partial charge in [0.25, 0.3) is 0 Å². The van der Waals surface area contributed by atoms with Gasteiger partial charge in [0.15, 0.2) is 17.5 Å². The van der Waals surface area contributed by atoms with Crippen LogP contribution in [-0.4, -0.2) is 112 Å². The minimum atomic E-state index is -2.43. The van der Waals surface area contributed by atoms with E-state index in [1.54, 1.807) is 69.3 Å². The summed E-state index contributed by atoms with van der Waals surface area (Å²) in [4.78, 5) is 83.6. The van der Waals surface area contributed by atoms with Crippen LogP contribution in [0.15, 0.2) is 83.1 Å². The third kappa shape index (κ3) is 11.0. The summed E-state index contributed by atoms with van der Waals surface area (Å²) >= 11 is 0. The number of Topliss-reactive ketones (excluding diaryl/α,β-unsaturated/α-hetero) is 1. The molecule has 1 heterocycles. The molecule has 1 amide bonds. The number of hydrogen-bond donors (Lipinski definition) is 4. The molecular weight excluding hydrogens is 859 g/mol. The highest BCUT2D eigenvalue weighted by Gasteiger charge is 2.70. The van der Waals surface area contributed by atoms with E-state index in [-0.39, 0.29) is 54.3 Å². The van der Waals surface area contributed by atoms with Crippen LogP contribution in [0, 0.1) is 17.3 Å². The van der Waals surface area contributed by atoms with Crippen LogP contribution in [0.5, 0.6) is 0 Å². The van der Waals surface area contributed by atoms with Crippen LogP contribution in [0.1, 0.15) is 104 Å². The number of carbonyl (C=O) groups is 6. The lowest BCUT2D eigenvalue weighted by atomic mass is 9.53. The van der Waals surface area contributed by atoms with Gasteiger partial charge in [-0.05, 0) is 75.8 Å². The van der Waals surface area contributed by atoms with Crippen molar-refractivity contribution in [1.82, 2.24) is 5.32 Å². The quantitative estimate of drug-likeness (QED) is 0.122. The Morgan fingerprint density at radius 2 is 1.56 bits per heavy atom. The average molecular weight is 922 g/mol. The summed E-state index contributed by atoms with van der Waals surface area (Å²) in [6, 6.07) is 15.3. The highest BCUT2D eigenvalue weighted by molar-refractivity contribution is 6.10. The van der Waals surface area contributed by atoms with Gasteiger partial charge in [-0.15, -0.1) is 0 Å². The highest BCUT2D eigenvalue weighted by atomic mass is 16.7. The number of rotatable bonds is 15. The number of ketones is 1. The molecule has 2 aromatic rings. The first kappa shape index (κ1) is 51.4. The Hall–Kier alpha value is -5.62. The average Bonchev–Trinajstić information content (AvgIpc) is 3.23. The number of ether oxygens (including phenoxy) is 7. The van der Waals surface area contributed by atoms with Gasteiger partial charge in [-0.1, -0.05) is 76.2 Å². The molecular formula is C49H63NO16. The Bertz CT molecular complexity index is 2190. The van der Waals surface area contributed by atoms with Crippen LogP contribution in [-0.2, 0) is 54.1 Å². The van der Waals surface area contributed by atoms with Crippen LogP contribution in [0.2, 0.25) is 0 Å². The molecule has 1 saturated heterocycles. The van der Waals surface area contributed by atoms with Crippen LogP contribution < -0.4 is 5.32 Å². The number of fused-ring (bicyclic) bond motifs is 2. The largest absolute Gasteiger partial charge is 0.514 e. The summed E-state index contributed by atoms with van der Waals surface area (Å²) in [6.07, 6.45) is -9.27. The first-order valence-electron chi connectivity index (χ1n) is 22.0. The summed E-state index contributed by atoms with van der Waals surface area (Å²) < 4.78 is 41.1. The van der Waals surface area contributed by atoms with Crippen molar-refractivity contribution in [3.63, 3.8) is 0 Å². The second-order valence-electron chi connectivity index (χ2n) is 19.1. The molecule has 0 aromatic heterocycles. The zero-order valence-corrected chi connectivity index (χ0v) is 39.2. The maximum Gasteiger partial charge on any atom is 0.514 e. The first-order valence-corrected chi connectivity index (χ1v) is 22.0. The number of allylic oxidation sites excluding steroid dienone is 1. The smallest absolute Gasteiger partial charge is 0.456 e. The van der Waals surface area contributed by atoms with E-state index in [1.165, 1.54) is 39.8 Å². The second kappa shape index (κ2) is 20.5. The number of aliphatic hydroxyl groups excluding tert-OH is 2. The molecule has 2 aromatic carbocycles. The SMILES string of the molecule is CC(=O)O[C@@]1([C@@H]2/C(C)=C(/OC(=O)OCc3ccccc3)C(=O)C3=C(C)[C@@H](OC(=O)[C@H](O)[C@H](CC(C)C)NC(=O)OC(C)(C)C)C[C@@](O)([C@H]2OC(=O)c2ccccc2)C3(C)C)CO[C@@H]1CCO. The van der Waals surface area contributed by atoms with Gasteiger partial charge in [0.05, 0.1) is 24.1 Å². The van der Waals surface area contributed by atoms with Crippen molar-refractivity contribution in [2.45, 2.75) is 142 Å². The van der Waals surface area contributed by atoms with Crippen LogP contribution in [0.4, 0.5) is 9.59 Å². The number of alkyl carbamates (subject to hydrolysis) is 1. The minimum Gasteiger partial charge on any atom is -0.456 e. The van der Waals surface area contributed by atoms with Gasteiger partial charge in [-0.25, -0.2) is 19.2 Å². The predicted octanol–water partition coefficient (Wildman–Crippen LogP) is 5.81. The minimum absolute atomic E-state index is 0.0548. The lowest BCUT2D eigenvalue weighted by molar-refractivity contribution is -0.295. The van der Waals surface area contributed by atoms with E-state index in [4.69, 9.17) is 33.2 Å². The summed E-state index contributed by atoms with van der Waals surface area (Å²) in [5.41, 5.74) is -6.55. The number of amides is 1. The fraction of sp³-hybridized carbons (Fsp3) is 0.551. The Morgan fingerprint density at radius 1 is 0.939 bits per heavy atom. The molecule has 0 radical (unpaired) electrons. The van der Waals surface area contributed by atoms with Crippen LogP contribution >= 0.6 is 0 Å². The van der Waals surface area contributed by atoms with E-state index in [2.05, 4.69) is 5.32 Å². The van der Waals surface area contributed by atoms with E-state index in [0.29, 0.717) is 5.56 Å². The second-order valence-corrected chi connectivity index (χ2v) is 19.1. The third-order valence-electron chi connectivity index (χ3n) is 12.4. The summed E-state index contributed by atoms with van der Waals surface area (Å²) in [5, 5.41) is 37.9. The van der Waals surface area contributed by atoms with Crippen molar-refractivity contribution in [1.29, 1.82) is 0 Å². The van der Waals surface area contributed by atoms with E-state index in [0.717, 1.165) is 6.92 Å². The maximum atomic E-state index is 15.4. The van der Waals surface area contributed by atoms with E-state index < -0.39 is 113 Å². The molecule has 1 aliphatic heterocycles. The molecule has 17 heteroatoms. The number of benzene rings is 2. The molecule has 17 nitrogen and oxygen atoms in total. The summed E-state index contributed by atoms with van der Waals surface area (Å²) in [7, 11) is 0. The van der Waals surface area contributed by atoms with Crippen molar-refractivity contribution in [3.8, 4) is 0 Å². The molecule has 3 aliphatic rings. The Kier molecular flexibility index (Phi) is 15.9. The van der Waals surface area contributed by atoms with Crippen molar-refractivity contribution >= 4 is 35.9 Å². The summed E-state index contributed by atoms with van der Waals surface area (Å²) in [6.45, 7) is 14.5. The molecule has 360 valence electrons. The number of carbonyl (C=O) groups excluding carboxylic acids is 6. The highest BCUT2D eigenvalue weighted by Crippen LogP contribution is 2.58. The number of esters is 3. The lowest BCUT2D eigenvalue weighted by Crippen LogP contribution is -2.73. The number of aliphatic hydroxyl groups is 3. The molecule has 0 spiro atoms. The monoisotopic (exact) mass is 921 g/mol. The Balaban J connectivity index is 1.73. The molecule has 2 aliphatic carbocycles. The Morgan fingerprint density at radius 3 is 2.11 bits per heavy atom. The molecule has 0 saturated carbocycles. The molecule has 4 N–H and O–H groups in total. The van der Waals surface area contributed by atoms with Gasteiger partial charge in [-0.2, -0.15) is 0 Å². The normalized spacial score (nSPS) is 27.0. The third-order valence-corrected chi connectivity index (χ3v) is 12.4. The zero-order valence-electron chi connectivity index (χ0n) is 39.2. The molecule has 2 bridgehead atoms. The molecule has 66 heavy (non-hydrogen) atoms. The first-order chi connectivity index (χ1) is 30.9. The maximum absolute atomic E-state index is 15.4. The zero-order chi connectivity index (χ0) is 48.9. The van der Waals surface area contributed by atoms with Crippen molar-refractivity contribution in [2.75, 3.05) is 13.2 Å². The Labute approximate surface area is 384 Å². The van der Waals surface area contributed by atoms with Gasteiger partial charge in [0, 0.05) is 37.4 Å². The van der Waals surface area contributed by atoms with Gasteiger partial charge >= 0.3 is 30.2 Å². The van der Waals surface area contributed by atoms with E-state index >= 15 is 4.79 Å². The van der Waals surface area contributed by atoms with E-state index in [1.807, 2.05) is 13.8 Å². The van der Waals surface area contributed by atoms with Gasteiger partial charge < -0.3 is 53.8 Å². The van der Waals surface area contributed by atoms with E-state index in [9.17, 15) is 39.3 Å². The van der Waals surface area contributed by atoms with Crippen molar-refractivity contribution < 1.29 is 77.2 Å². The topological polar surface area (TPSA) is 240 Å². The lowest BCUT2D eigenvalue weighted by Gasteiger charge is -2.60. The fourth-order valence-corrected chi connectivity index (χ4v) is 9.20.